The van der Waals surface area contributed by atoms with Gasteiger partial charge in [0.05, 0.1) is 6.04 Å². The molecule has 0 radical (unpaired) electrons. The second-order valence-electron chi connectivity index (χ2n) is 5.45. The number of benzene rings is 1. The van der Waals surface area contributed by atoms with Crippen molar-refractivity contribution in [1.82, 2.24) is 19.9 Å². The third kappa shape index (κ3) is 2.67. The molecule has 0 saturated carbocycles. The molecule has 2 unspecified atom stereocenters. The van der Waals surface area contributed by atoms with Crippen LogP contribution in [0.3, 0.4) is 0 Å². The lowest BCUT2D eigenvalue weighted by atomic mass is 10.0. The van der Waals surface area contributed by atoms with Gasteiger partial charge < -0.3 is 5.32 Å². The van der Waals surface area contributed by atoms with E-state index in [-0.39, 0.29) is 12.1 Å². The van der Waals surface area contributed by atoms with Crippen LogP contribution in [-0.4, -0.2) is 14.6 Å². The first-order valence-corrected chi connectivity index (χ1v) is 7.28. The molecule has 0 aliphatic rings. The van der Waals surface area contributed by atoms with Gasteiger partial charge in [0.25, 0.3) is 0 Å². The number of aromatic nitrogens is 3. The molecule has 0 spiro atoms. The summed E-state index contributed by atoms with van der Waals surface area (Å²) in [5.74, 6) is 0.936. The molecule has 21 heavy (non-hydrogen) atoms. The molecule has 2 atom stereocenters. The molecule has 1 aromatic carbocycles. The summed E-state index contributed by atoms with van der Waals surface area (Å²) >= 11 is 0. The lowest BCUT2D eigenvalue weighted by Crippen LogP contribution is -2.24. The zero-order valence-electron chi connectivity index (χ0n) is 12.6. The highest BCUT2D eigenvalue weighted by Gasteiger charge is 2.16. The average molecular weight is 280 g/mol. The van der Waals surface area contributed by atoms with Crippen LogP contribution in [0.5, 0.6) is 0 Å². The smallest absolute Gasteiger partial charge is 0.160 e. The highest BCUT2D eigenvalue weighted by Crippen LogP contribution is 2.21. The van der Waals surface area contributed by atoms with Gasteiger partial charge in [-0.1, -0.05) is 30.3 Å². The molecule has 0 aliphatic carbocycles. The predicted molar refractivity (Wildman–Crippen MR) is 84.1 cm³/mol. The van der Waals surface area contributed by atoms with Gasteiger partial charge >= 0.3 is 0 Å². The molecular formula is C17H20N4. The van der Waals surface area contributed by atoms with Crippen LogP contribution in [0.25, 0.3) is 5.65 Å². The maximum Gasteiger partial charge on any atom is 0.160 e. The highest BCUT2D eigenvalue weighted by atomic mass is 15.3. The Labute approximate surface area is 124 Å². The van der Waals surface area contributed by atoms with Gasteiger partial charge in [-0.05, 0) is 44.0 Å². The summed E-state index contributed by atoms with van der Waals surface area (Å²) in [5.41, 5.74) is 3.50. The van der Waals surface area contributed by atoms with E-state index in [0.717, 1.165) is 11.5 Å². The summed E-state index contributed by atoms with van der Waals surface area (Å²) in [6, 6.07) is 14.8. The molecule has 4 heteroatoms. The molecule has 0 aliphatic heterocycles. The number of aryl methyl sites for hydroxylation is 1. The Hall–Kier alpha value is -2.20. The van der Waals surface area contributed by atoms with Crippen molar-refractivity contribution in [2.75, 3.05) is 0 Å². The second kappa shape index (κ2) is 5.66. The van der Waals surface area contributed by atoms with E-state index in [2.05, 4.69) is 60.6 Å². The van der Waals surface area contributed by atoms with Crippen LogP contribution in [0.2, 0.25) is 0 Å². The molecule has 0 fully saturated rings. The average Bonchev–Trinajstić information content (AvgIpc) is 2.91. The molecule has 3 rings (SSSR count). The maximum absolute atomic E-state index is 4.31. The van der Waals surface area contributed by atoms with Gasteiger partial charge in [0.1, 0.15) is 0 Å². The molecule has 3 aromatic rings. The van der Waals surface area contributed by atoms with Crippen LogP contribution >= 0.6 is 0 Å². The summed E-state index contributed by atoms with van der Waals surface area (Å²) in [6.45, 7) is 6.45. The molecule has 0 bridgehead atoms. The van der Waals surface area contributed by atoms with E-state index in [0.29, 0.717) is 0 Å². The van der Waals surface area contributed by atoms with Crippen LogP contribution < -0.4 is 5.32 Å². The third-order valence-electron chi connectivity index (χ3n) is 3.88. The van der Waals surface area contributed by atoms with Gasteiger partial charge in [-0.25, -0.2) is 0 Å². The summed E-state index contributed by atoms with van der Waals surface area (Å²) < 4.78 is 2.03. The Bertz CT molecular complexity index is 747. The van der Waals surface area contributed by atoms with E-state index in [9.17, 15) is 0 Å². The van der Waals surface area contributed by atoms with E-state index in [4.69, 9.17) is 0 Å². The summed E-state index contributed by atoms with van der Waals surface area (Å²) in [4.78, 5) is 0. The predicted octanol–water partition coefficient (Wildman–Crippen LogP) is 3.45. The molecule has 0 saturated heterocycles. The Morgan fingerprint density at radius 1 is 0.952 bits per heavy atom. The van der Waals surface area contributed by atoms with E-state index in [1.54, 1.807) is 0 Å². The zero-order chi connectivity index (χ0) is 14.8. The molecule has 2 heterocycles. The van der Waals surface area contributed by atoms with Crippen LogP contribution in [0.1, 0.15) is 42.9 Å². The van der Waals surface area contributed by atoms with Crippen molar-refractivity contribution in [3.63, 3.8) is 0 Å². The van der Waals surface area contributed by atoms with Gasteiger partial charge in [0.2, 0.25) is 0 Å². The maximum atomic E-state index is 4.31. The van der Waals surface area contributed by atoms with Crippen molar-refractivity contribution in [2.24, 2.45) is 0 Å². The van der Waals surface area contributed by atoms with Crippen LogP contribution in [0.4, 0.5) is 0 Å². The largest absolute Gasteiger partial charge is 0.301 e. The monoisotopic (exact) mass is 280 g/mol. The first-order valence-electron chi connectivity index (χ1n) is 7.28. The number of fused-ring (bicyclic) bond motifs is 1. The molecule has 1 N–H and O–H groups in total. The van der Waals surface area contributed by atoms with Crippen molar-refractivity contribution >= 4 is 5.65 Å². The fourth-order valence-corrected chi connectivity index (χ4v) is 2.77. The second-order valence-corrected chi connectivity index (χ2v) is 5.45. The van der Waals surface area contributed by atoms with E-state index >= 15 is 0 Å². The summed E-state index contributed by atoms with van der Waals surface area (Å²) in [6.07, 6.45) is 2.00. The zero-order valence-corrected chi connectivity index (χ0v) is 12.6. The third-order valence-corrected chi connectivity index (χ3v) is 3.88. The molecule has 0 amide bonds. The Morgan fingerprint density at radius 2 is 1.71 bits per heavy atom. The first kappa shape index (κ1) is 13.8. The fourth-order valence-electron chi connectivity index (χ4n) is 2.77. The highest BCUT2D eigenvalue weighted by molar-refractivity contribution is 5.37. The standard InChI is InChI=1S/C17H20N4/c1-12-8-4-5-9-15(12)13(2)18-14(3)17-20-19-16-10-6-7-11-21(16)17/h4-11,13-14,18H,1-3H3. The number of nitrogens with one attached hydrogen (secondary N) is 1. The van der Waals surface area contributed by atoms with Crippen molar-refractivity contribution < 1.29 is 0 Å². The normalized spacial score (nSPS) is 14.2. The number of hydrogen-bond donors (Lipinski definition) is 1. The number of hydrogen-bond acceptors (Lipinski definition) is 3. The molecule has 4 nitrogen and oxygen atoms in total. The van der Waals surface area contributed by atoms with Crippen LogP contribution in [0, 0.1) is 6.92 Å². The van der Waals surface area contributed by atoms with Gasteiger partial charge in [-0.3, -0.25) is 4.40 Å². The number of nitrogens with zero attached hydrogens (tertiary/aromatic N) is 3. The van der Waals surface area contributed by atoms with Crippen LogP contribution in [-0.2, 0) is 0 Å². The molecule has 2 aromatic heterocycles. The van der Waals surface area contributed by atoms with E-state index in [1.807, 2.05) is 28.8 Å². The minimum Gasteiger partial charge on any atom is -0.301 e. The summed E-state index contributed by atoms with van der Waals surface area (Å²) in [7, 11) is 0. The van der Waals surface area contributed by atoms with Gasteiger partial charge in [0.15, 0.2) is 11.5 Å². The number of pyridine rings is 1. The number of rotatable bonds is 4. The Morgan fingerprint density at radius 3 is 2.52 bits per heavy atom. The Balaban J connectivity index is 1.83. The van der Waals surface area contributed by atoms with Crippen molar-refractivity contribution in [2.45, 2.75) is 32.9 Å². The van der Waals surface area contributed by atoms with Gasteiger partial charge in [0, 0.05) is 12.2 Å². The molecular weight excluding hydrogens is 260 g/mol. The molecule has 108 valence electrons. The van der Waals surface area contributed by atoms with Crippen molar-refractivity contribution in [3.05, 3.63) is 65.6 Å². The fraction of sp³-hybridized carbons (Fsp3) is 0.294. The van der Waals surface area contributed by atoms with Crippen molar-refractivity contribution in [3.8, 4) is 0 Å². The lowest BCUT2D eigenvalue weighted by Gasteiger charge is -2.20. The van der Waals surface area contributed by atoms with E-state index in [1.165, 1.54) is 11.1 Å². The SMILES string of the molecule is Cc1ccccc1C(C)NC(C)c1nnc2ccccn12. The van der Waals surface area contributed by atoms with Gasteiger partial charge in [-0.2, -0.15) is 0 Å². The topological polar surface area (TPSA) is 42.2 Å². The minimum atomic E-state index is 0.122. The lowest BCUT2D eigenvalue weighted by molar-refractivity contribution is 0.472. The van der Waals surface area contributed by atoms with Crippen molar-refractivity contribution in [1.29, 1.82) is 0 Å². The Kier molecular flexibility index (Phi) is 3.71. The summed E-state index contributed by atoms with van der Waals surface area (Å²) in [5, 5.41) is 12.1. The quantitative estimate of drug-likeness (QED) is 0.796. The first-order chi connectivity index (χ1) is 10.2. The van der Waals surface area contributed by atoms with Crippen LogP contribution in [0.15, 0.2) is 48.7 Å². The minimum absolute atomic E-state index is 0.122. The van der Waals surface area contributed by atoms with E-state index < -0.39 is 0 Å². The van der Waals surface area contributed by atoms with Gasteiger partial charge in [-0.15, -0.1) is 10.2 Å².